The summed E-state index contributed by atoms with van der Waals surface area (Å²) in [4.78, 5) is 24.1. The maximum absolute atomic E-state index is 13.0. The van der Waals surface area contributed by atoms with Crippen LogP contribution in [-0.4, -0.2) is 15.7 Å². The summed E-state index contributed by atoms with van der Waals surface area (Å²) in [6, 6.07) is 14.4. The summed E-state index contributed by atoms with van der Waals surface area (Å²) in [5.74, 6) is 0.376. The molecule has 0 amide bonds. The molecule has 0 unspecified atom stereocenters. The van der Waals surface area contributed by atoms with Gasteiger partial charge in [0.1, 0.15) is 17.1 Å². The van der Waals surface area contributed by atoms with Crippen molar-refractivity contribution in [1.82, 2.24) is 9.78 Å². The van der Waals surface area contributed by atoms with E-state index in [-0.39, 0.29) is 5.43 Å². The van der Waals surface area contributed by atoms with Crippen LogP contribution in [0.25, 0.3) is 27.8 Å². The van der Waals surface area contributed by atoms with Gasteiger partial charge in [-0.15, -0.1) is 0 Å². The van der Waals surface area contributed by atoms with Gasteiger partial charge in [0.25, 0.3) is 0 Å². The average molecular weight is 360 g/mol. The number of rotatable bonds is 3. The fourth-order valence-electron chi connectivity index (χ4n) is 3.02. The van der Waals surface area contributed by atoms with Gasteiger partial charge in [-0.3, -0.25) is 9.59 Å². The van der Waals surface area contributed by atoms with E-state index in [2.05, 4.69) is 5.10 Å². The second-order valence-electron chi connectivity index (χ2n) is 6.12. The first-order chi connectivity index (χ1) is 13.0. The summed E-state index contributed by atoms with van der Waals surface area (Å²) in [5, 5.41) is 4.77. The highest BCUT2D eigenvalue weighted by Gasteiger charge is 2.16. The minimum atomic E-state index is -0.432. The van der Waals surface area contributed by atoms with Crippen molar-refractivity contribution in [3.8, 4) is 22.6 Å². The topological polar surface area (TPSA) is 74.3 Å². The van der Waals surface area contributed by atoms with Crippen molar-refractivity contribution < 1.29 is 13.9 Å². The number of carbonyl (C=O) groups excluding carboxylic acids is 1. The minimum absolute atomic E-state index is 0.157. The maximum Gasteiger partial charge on any atom is 0.308 e. The number of esters is 1. The lowest BCUT2D eigenvalue weighted by Gasteiger charge is -2.07. The second kappa shape index (κ2) is 6.57. The predicted octanol–water partition coefficient (Wildman–Crippen LogP) is 3.88. The Morgan fingerprint density at radius 1 is 1.15 bits per heavy atom. The van der Waals surface area contributed by atoms with Crippen LogP contribution in [0.5, 0.6) is 5.75 Å². The Morgan fingerprint density at radius 2 is 1.93 bits per heavy atom. The molecule has 2 aromatic heterocycles. The molecule has 0 aliphatic heterocycles. The number of nitrogens with zero attached hydrogens (tertiary/aromatic N) is 2. The van der Waals surface area contributed by atoms with E-state index in [0.29, 0.717) is 33.6 Å². The highest BCUT2D eigenvalue weighted by Crippen LogP contribution is 2.26. The Balaban J connectivity index is 1.82. The lowest BCUT2D eigenvalue weighted by atomic mass is 10.1. The van der Waals surface area contributed by atoms with Gasteiger partial charge in [-0.25, -0.2) is 4.68 Å². The molecule has 0 aliphatic carbocycles. The van der Waals surface area contributed by atoms with Crippen LogP contribution < -0.4 is 10.2 Å². The van der Waals surface area contributed by atoms with Crippen LogP contribution in [0.4, 0.5) is 0 Å². The first-order valence-electron chi connectivity index (χ1n) is 8.39. The number of aromatic nitrogens is 2. The third kappa shape index (κ3) is 3.13. The SMILES string of the molecule is CC(=O)Oc1ccc2c(=O)c(-c3cnn(-c4ccccc4)c3)c(C)oc2c1. The zero-order valence-electron chi connectivity index (χ0n) is 14.8. The molecule has 0 bridgehead atoms. The molecular formula is C21H16N2O4. The van der Waals surface area contributed by atoms with Crippen LogP contribution in [0.15, 0.2) is 70.1 Å². The summed E-state index contributed by atoms with van der Waals surface area (Å²) in [6.07, 6.45) is 3.44. The molecule has 0 saturated carbocycles. The minimum Gasteiger partial charge on any atom is -0.460 e. The van der Waals surface area contributed by atoms with Crippen LogP contribution in [-0.2, 0) is 4.79 Å². The number of hydrogen-bond acceptors (Lipinski definition) is 5. The monoisotopic (exact) mass is 360 g/mol. The van der Waals surface area contributed by atoms with Gasteiger partial charge in [-0.2, -0.15) is 5.10 Å². The zero-order valence-corrected chi connectivity index (χ0v) is 14.8. The molecule has 2 aromatic carbocycles. The summed E-state index contributed by atoms with van der Waals surface area (Å²) in [7, 11) is 0. The molecule has 0 atom stereocenters. The van der Waals surface area contributed by atoms with Crippen molar-refractivity contribution in [2.45, 2.75) is 13.8 Å². The fraction of sp³-hybridized carbons (Fsp3) is 0.0952. The number of benzene rings is 2. The number of para-hydroxylation sites is 1. The van der Waals surface area contributed by atoms with Crippen LogP contribution in [0, 0.1) is 6.92 Å². The second-order valence-corrected chi connectivity index (χ2v) is 6.12. The summed E-state index contributed by atoms with van der Waals surface area (Å²) >= 11 is 0. The predicted molar refractivity (Wildman–Crippen MR) is 101 cm³/mol. The number of aryl methyl sites for hydroxylation is 1. The van der Waals surface area contributed by atoms with Crippen molar-refractivity contribution in [2.24, 2.45) is 0 Å². The quantitative estimate of drug-likeness (QED) is 0.409. The van der Waals surface area contributed by atoms with Crippen molar-refractivity contribution in [2.75, 3.05) is 0 Å². The standard InChI is InChI=1S/C21H16N2O4/c1-13-20(15-11-22-23(12-15)16-6-4-3-5-7-16)21(25)18-9-8-17(27-14(2)24)10-19(18)26-13/h3-12H,1-2H3. The largest absolute Gasteiger partial charge is 0.460 e. The molecule has 4 aromatic rings. The molecule has 134 valence electrons. The summed E-state index contributed by atoms with van der Waals surface area (Å²) in [5.41, 5.74) is 2.25. The number of carbonyl (C=O) groups is 1. The Labute approximate surface area is 154 Å². The zero-order chi connectivity index (χ0) is 19.0. The highest BCUT2D eigenvalue weighted by atomic mass is 16.5. The van der Waals surface area contributed by atoms with E-state index in [1.165, 1.54) is 6.92 Å². The van der Waals surface area contributed by atoms with E-state index in [1.54, 1.807) is 42.2 Å². The lowest BCUT2D eigenvalue weighted by molar-refractivity contribution is -0.131. The highest BCUT2D eigenvalue weighted by molar-refractivity contribution is 5.84. The molecule has 4 rings (SSSR count). The first-order valence-corrected chi connectivity index (χ1v) is 8.39. The lowest BCUT2D eigenvalue weighted by Crippen LogP contribution is -2.08. The molecule has 27 heavy (non-hydrogen) atoms. The molecule has 0 saturated heterocycles. The van der Waals surface area contributed by atoms with Gasteiger partial charge in [-0.1, -0.05) is 18.2 Å². The number of hydrogen-bond donors (Lipinski definition) is 0. The molecule has 6 heteroatoms. The van der Waals surface area contributed by atoms with Gasteiger partial charge in [0.05, 0.1) is 22.8 Å². The van der Waals surface area contributed by atoms with Gasteiger partial charge in [0.2, 0.25) is 5.43 Å². The molecule has 0 aliphatic rings. The molecule has 2 heterocycles. The normalized spacial score (nSPS) is 10.9. The molecule has 0 radical (unpaired) electrons. The number of fused-ring (bicyclic) bond motifs is 1. The summed E-state index contributed by atoms with van der Waals surface area (Å²) in [6.45, 7) is 3.05. The van der Waals surface area contributed by atoms with Crippen LogP contribution in [0.2, 0.25) is 0 Å². The number of ether oxygens (including phenoxy) is 1. The summed E-state index contributed by atoms with van der Waals surface area (Å²) < 4.78 is 12.6. The van der Waals surface area contributed by atoms with E-state index in [1.807, 2.05) is 30.3 Å². The average Bonchev–Trinajstić information content (AvgIpc) is 3.11. The van der Waals surface area contributed by atoms with Crippen LogP contribution in [0.3, 0.4) is 0 Å². The van der Waals surface area contributed by atoms with Gasteiger partial charge in [0.15, 0.2) is 0 Å². The third-order valence-corrected chi connectivity index (χ3v) is 4.19. The molecule has 6 nitrogen and oxygen atoms in total. The van der Waals surface area contributed by atoms with E-state index in [4.69, 9.17) is 9.15 Å². The Hall–Kier alpha value is -3.67. The fourth-order valence-corrected chi connectivity index (χ4v) is 3.02. The van der Waals surface area contributed by atoms with E-state index >= 15 is 0 Å². The van der Waals surface area contributed by atoms with Gasteiger partial charge < -0.3 is 9.15 Å². The molecular weight excluding hydrogens is 344 g/mol. The van der Waals surface area contributed by atoms with E-state index in [0.717, 1.165) is 5.69 Å². The molecule has 0 fully saturated rings. The molecule has 0 spiro atoms. The van der Waals surface area contributed by atoms with E-state index < -0.39 is 5.97 Å². The first kappa shape index (κ1) is 16.8. The Bertz CT molecular complexity index is 1210. The smallest absolute Gasteiger partial charge is 0.308 e. The Kier molecular flexibility index (Phi) is 4.08. The van der Waals surface area contributed by atoms with Crippen molar-refractivity contribution >= 4 is 16.9 Å². The van der Waals surface area contributed by atoms with Gasteiger partial charge in [-0.05, 0) is 31.2 Å². The third-order valence-electron chi connectivity index (χ3n) is 4.19. The van der Waals surface area contributed by atoms with Crippen molar-refractivity contribution in [3.63, 3.8) is 0 Å². The van der Waals surface area contributed by atoms with Crippen molar-refractivity contribution in [3.05, 3.63) is 76.9 Å². The van der Waals surface area contributed by atoms with E-state index in [9.17, 15) is 9.59 Å². The van der Waals surface area contributed by atoms with Gasteiger partial charge in [0, 0.05) is 24.8 Å². The van der Waals surface area contributed by atoms with Crippen LogP contribution >= 0.6 is 0 Å². The Morgan fingerprint density at radius 3 is 2.67 bits per heavy atom. The molecule has 0 N–H and O–H groups in total. The maximum atomic E-state index is 13.0. The van der Waals surface area contributed by atoms with Crippen LogP contribution in [0.1, 0.15) is 12.7 Å². The van der Waals surface area contributed by atoms with Crippen molar-refractivity contribution in [1.29, 1.82) is 0 Å². The van der Waals surface area contributed by atoms with Gasteiger partial charge >= 0.3 is 5.97 Å².